The maximum Gasteiger partial charge on any atom is 0.416 e. The Kier molecular flexibility index (Phi) is 4.02. The number of fused-ring (bicyclic) bond motifs is 2. The van der Waals surface area contributed by atoms with Crippen molar-refractivity contribution in [2.75, 3.05) is 0 Å². The van der Waals surface area contributed by atoms with Crippen LogP contribution >= 0.6 is 0 Å². The van der Waals surface area contributed by atoms with E-state index in [-0.39, 0.29) is 36.0 Å². The number of cyclic esters (lactones) is 2. The molecule has 0 aromatic carbocycles. The largest absolute Gasteiger partial charge is 0.416 e. The fraction of sp³-hybridized carbons (Fsp3) is 0.882. The molecule has 3 aliphatic rings. The summed E-state index contributed by atoms with van der Waals surface area (Å²) in [6.07, 6.45) is -3.63. The van der Waals surface area contributed by atoms with Gasteiger partial charge in [-0.15, -0.1) is 0 Å². The lowest BCUT2D eigenvalue weighted by Crippen LogP contribution is -2.45. The molecule has 136 valence electrons. The third kappa shape index (κ3) is 2.55. The highest BCUT2D eigenvalue weighted by Gasteiger charge is 2.60. The van der Waals surface area contributed by atoms with Crippen molar-refractivity contribution in [1.29, 1.82) is 0 Å². The van der Waals surface area contributed by atoms with Crippen LogP contribution in [0.15, 0.2) is 0 Å². The molecule has 8 unspecified atom stereocenters. The summed E-state index contributed by atoms with van der Waals surface area (Å²) in [6, 6.07) is 0. The number of carbonyl (C=O) groups excluding carboxylic acids is 2. The number of ether oxygens (including phenoxy) is 1. The first-order valence-electron chi connectivity index (χ1n) is 8.48. The lowest BCUT2D eigenvalue weighted by atomic mass is 9.65. The highest BCUT2D eigenvalue weighted by atomic mass is 19.4. The Bertz CT molecular complexity index is 555. The van der Waals surface area contributed by atoms with Crippen molar-refractivity contribution in [2.45, 2.75) is 51.8 Å². The Hall–Kier alpha value is -1.11. The Morgan fingerprint density at radius 3 is 2.25 bits per heavy atom. The van der Waals surface area contributed by atoms with E-state index in [9.17, 15) is 27.9 Å². The molecule has 2 aliphatic carbocycles. The summed E-state index contributed by atoms with van der Waals surface area (Å²) in [4.78, 5) is 23.6. The quantitative estimate of drug-likeness (QED) is 0.629. The molecule has 1 saturated heterocycles. The molecular weight excluding hydrogens is 325 g/mol. The first kappa shape index (κ1) is 17.7. The van der Waals surface area contributed by atoms with Gasteiger partial charge in [-0.1, -0.05) is 13.8 Å². The Morgan fingerprint density at radius 2 is 1.79 bits per heavy atom. The van der Waals surface area contributed by atoms with Crippen LogP contribution in [0.3, 0.4) is 0 Å². The number of hydrogen-bond donors (Lipinski definition) is 1. The van der Waals surface area contributed by atoms with E-state index in [1.807, 2.05) is 6.92 Å². The van der Waals surface area contributed by atoms with Crippen molar-refractivity contribution in [3.05, 3.63) is 0 Å². The van der Waals surface area contributed by atoms with E-state index in [1.54, 1.807) is 6.92 Å². The van der Waals surface area contributed by atoms with Crippen LogP contribution in [0.5, 0.6) is 0 Å². The molecule has 4 nitrogen and oxygen atoms in total. The second-order valence-electron chi connectivity index (χ2n) is 8.12. The molecule has 1 aliphatic heterocycles. The van der Waals surface area contributed by atoms with Crippen LogP contribution in [0.2, 0.25) is 0 Å². The fourth-order valence-corrected chi connectivity index (χ4v) is 5.46. The van der Waals surface area contributed by atoms with E-state index >= 15 is 0 Å². The van der Waals surface area contributed by atoms with Crippen molar-refractivity contribution in [3.63, 3.8) is 0 Å². The van der Waals surface area contributed by atoms with Crippen LogP contribution in [-0.2, 0) is 14.3 Å². The van der Waals surface area contributed by atoms with Crippen molar-refractivity contribution >= 4 is 11.9 Å². The maximum atomic E-state index is 12.9. The van der Waals surface area contributed by atoms with Crippen molar-refractivity contribution in [2.24, 2.45) is 41.4 Å². The maximum absolute atomic E-state index is 12.9. The summed E-state index contributed by atoms with van der Waals surface area (Å²) in [7, 11) is 0. The van der Waals surface area contributed by atoms with Crippen LogP contribution in [-0.4, -0.2) is 28.8 Å². The van der Waals surface area contributed by atoms with Gasteiger partial charge in [-0.05, 0) is 55.8 Å². The van der Waals surface area contributed by atoms with E-state index in [2.05, 4.69) is 0 Å². The van der Waals surface area contributed by atoms with Crippen molar-refractivity contribution in [3.8, 4) is 0 Å². The van der Waals surface area contributed by atoms with Crippen LogP contribution in [0, 0.1) is 41.4 Å². The zero-order chi connectivity index (χ0) is 18.0. The number of halogens is 3. The van der Waals surface area contributed by atoms with Gasteiger partial charge < -0.3 is 9.84 Å². The molecule has 1 N–H and O–H groups in total. The minimum Gasteiger partial charge on any atom is -0.393 e. The van der Waals surface area contributed by atoms with Gasteiger partial charge in [0.15, 0.2) is 5.60 Å². The summed E-state index contributed by atoms with van der Waals surface area (Å²) < 4.78 is 43.6. The summed E-state index contributed by atoms with van der Waals surface area (Å²) in [5, 5.41) is 9.78. The van der Waals surface area contributed by atoms with Gasteiger partial charge in [-0.2, -0.15) is 13.2 Å². The summed E-state index contributed by atoms with van der Waals surface area (Å²) >= 11 is 0. The van der Waals surface area contributed by atoms with E-state index in [1.165, 1.54) is 0 Å². The van der Waals surface area contributed by atoms with Crippen LogP contribution < -0.4 is 0 Å². The van der Waals surface area contributed by atoms with E-state index in [0.29, 0.717) is 6.42 Å². The van der Waals surface area contributed by atoms with E-state index in [0.717, 1.165) is 13.3 Å². The fourth-order valence-electron chi connectivity index (χ4n) is 5.46. The highest BCUT2D eigenvalue weighted by molar-refractivity contribution is 5.96. The molecule has 24 heavy (non-hydrogen) atoms. The first-order chi connectivity index (χ1) is 10.9. The van der Waals surface area contributed by atoms with E-state index < -0.39 is 35.6 Å². The molecule has 3 fully saturated rings. The van der Waals surface area contributed by atoms with Crippen molar-refractivity contribution in [1.82, 2.24) is 0 Å². The Labute approximate surface area is 138 Å². The summed E-state index contributed by atoms with van der Waals surface area (Å²) in [5.74, 6) is -1.98. The minimum absolute atomic E-state index is 0.0176. The van der Waals surface area contributed by atoms with Gasteiger partial charge in [0, 0.05) is 0 Å². The van der Waals surface area contributed by atoms with Gasteiger partial charge in [0.2, 0.25) is 0 Å². The molecule has 2 saturated carbocycles. The average molecular weight is 348 g/mol. The third-order valence-electron chi connectivity index (χ3n) is 6.68. The van der Waals surface area contributed by atoms with Gasteiger partial charge in [-0.25, -0.2) is 0 Å². The molecule has 0 aromatic heterocycles. The zero-order valence-electron chi connectivity index (χ0n) is 14.0. The number of esters is 2. The van der Waals surface area contributed by atoms with Crippen LogP contribution in [0.1, 0.15) is 40.0 Å². The van der Waals surface area contributed by atoms with Gasteiger partial charge in [0.1, 0.15) is 0 Å². The average Bonchev–Trinajstić information content (AvgIpc) is 3.03. The Morgan fingerprint density at radius 1 is 1.17 bits per heavy atom. The number of aliphatic hydroxyl groups is 1. The molecule has 1 heterocycles. The molecule has 3 rings (SSSR count). The van der Waals surface area contributed by atoms with Gasteiger partial charge in [0.05, 0.1) is 11.8 Å². The molecule has 0 aromatic rings. The number of rotatable bonds is 3. The van der Waals surface area contributed by atoms with Crippen molar-refractivity contribution < 1.29 is 32.6 Å². The predicted molar refractivity (Wildman–Crippen MR) is 77.4 cm³/mol. The van der Waals surface area contributed by atoms with Crippen LogP contribution in [0.25, 0.3) is 0 Å². The lowest BCUT2D eigenvalue weighted by Gasteiger charge is -2.39. The number of alkyl halides is 3. The molecular formula is C17H23F3O4. The second kappa shape index (κ2) is 5.44. The second-order valence-corrected chi connectivity index (χ2v) is 8.12. The summed E-state index contributed by atoms with van der Waals surface area (Å²) in [5.41, 5.74) is -2.69. The molecule has 0 amide bonds. The topological polar surface area (TPSA) is 63.6 Å². The monoisotopic (exact) mass is 348 g/mol. The molecule has 0 spiro atoms. The number of carbonyl (C=O) groups is 2. The standard InChI is InChI=1S/C17H23F3O4/c1-7-11-5-9(4-10(11)6-16(3,23)17(18,19)20)12(7)13-8(2)14(21)24-15(13)22/h7-13,23H,4-6H2,1-3H3. The zero-order valence-corrected chi connectivity index (χ0v) is 14.0. The Balaban J connectivity index is 1.73. The highest BCUT2D eigenvalue weighted by Crippen LogP contribution is 2.61. The van der Waals surface area contributed by atoms with Gasteiger partial charge in [-0.3, -0.25) is 9.59 Å². The SMILES string of the molecule is CC1C(=O)OC(=O)C1C1C2CC(CC(C)(O)C(F)(F)F)C(C2)C1C. The molecule has 7 heteroatoms. The minimum atomic E-state index is -4.65. The van der Waals surface area contributed by atoms with Gasteiger partial charge >= 0.3 is 18.1 Å². The predicted octanol–water partition coefficient (Wildman–Crippen LogP) is 2.93. The molecule has 8 atom stereocenters. The third-order valence-corrected chi connectivity index (χ3v) is 6.68. The smallest absolute Gasteiger partial charge is 0.393 e. The summed E-state index contributed by atoms with van der Waals surface area (Å²) in [6.45, 7) is 4.46. The molecule has 2 bridgehead atoms. The molecule has 0 radical (unpaired) electrons. The first-order valence-corrected chi connectivity index (χ1v) is 8.48. The van der Waals surface area contributed by atoms with E-state index in [4.69, 9.17) is 4.74 Å². The normalized spacial score (nSPS) is 44.7. The number of hydrogen-bond acceptors (Lipinski definition) is 4. The van der Waals surface area contributed by atoms with Crippen LogP contribution in [0.4, 0.5) is 13.2 Å². The van der Waals surface area contributed by atoms with Gasteiger partial charge in [0.25, 0.3) is 0 Å². The lowest BCUT2D eigenvalue weighted by molar-refractivity contribution is -0.260.